The molecule has 6 nitrogen and oxygen atoms in total. The molecule has 106 valence electrons. The normalized spacial score (nSPS) is 13.0. The van der Waals surface area contributed by atoms with Crippen LogP contribution >= 0.6 is 0 Å². The molecule has 1 atom stereocenters. The number of nitriles is 1. The third-order valence-corrected chi connectivity index (χ3v) is 3.00. The molecule has 6 heteroatoms. The third kappa shape index (κ3) is 3.35. The average Bonchev–Trinajstić information content (AvgIpc) is 2.54. The highest BCUT2D eigenvalue weighted by Gasteiger charge is 2.28. The Bertz CT molecular complexity index is 665. The van der Waals surface area contributed by atoms with Gasteiger partial charge in [0.2, 0.25) is 0 Å². The number of non-ortho nitro benzene ring substituents is 1. The van der Waals surface area contributed by atoms with Gasteiger partial charge in [-0.15, -0.1) is 0 Å². The molecule has 0 aliphatic heterocycles. The maximum Gasteiger partial charge on any atom is 0.269 e. The molecule has 0 aliphatic carbocycles. The van der Waals surface area contributed by atoms with E-state index in [4.69, 9.17) is 10.5 Å². The van der Waals surface area contributed by atoms with Gasteiger partial charge < -0.3 is 10.5 Å². The standard InChI is InChI=1S/C15H13N3O3/c16-10-15(17,12-4-2-1-3-5-12)11-21-14-8-6-13(7-9-14)18(19)20/h1-9H,11,17H2. The molecule has 2 rings (SSSR count). The first kappa shape index (κ1) is 14.5. The molecule has 0 radical (unpaired) electrons. The van der Waals surface area contributed by atoms with Crippen LogP contribution in [0, 0.1) is 21.4 Å². The first-order valence-electron chi connectivity index (χ1n) is 6.18. The number of benzene rings is 2. The van der Waals surface area contributed by atoms with E-state index in [9.17, 15) is 15.4 Å². The van der Waals surface area contributed by atoms with Crippen molar-refractivity contribution in [3.05, 3.63) is 70.3 Å². The van der Waals surface area contributed by atoms with Crippen LogP contribution in [0.3, 0.4) is 0 Å². The maximum atomic E-state index is 10.6. The largest absolute Gasteiger partial charge is 0.490 e. The van der Waals surface area contributed by atoms with E-state index in [2.05, 4.69) is 0 Å². The Morgan fingerprint density at radius 1 is 1.19 bits per heavy atom. The molecule has 0 heterocycles. The number of ether oxygens (including phenoxy) is 1. The van der Waals surface area contributed by atoms with E-state index in [0.29, 0.717) is 11.3 Å². The summed E-state index contributed by atoms with van der Waals surface area (Å²) in [7, 11) is 0. The molecular formula is C15H13N3O3. The molecule has 2 aromatic carbocycles. The van der Waals surface area contributed by atoms with Gasteiger partial charge in [-0.05, 0) is 17.7 Å². The minimum atomic E-state index is -1.27. The zero-order chi connectivity index (χ0) is 15.3. The summed E-state index contributed by atoms with van der Waals surface area (Å²) in [4.78, 5) is 10.1. The van der Waals surface area contributed by atoms with Crippen LogP contribution in [0.2, 0.25) is 0 Å². The molecule has 0 aromatic heterocycles. The van der Waals surface area contributed by atoms with Crippen molar-refractivity contribution in [2.75, 3.05) is 6.61 Å². The van der Waals surface area contributed by atoms with Gasteiger partial charge in [-0.2, -0.15) is 5.26 Å². The molecule has 0 amide bonds. The summed E-state index contributed by atoms with van der Waals surface area (Å²) in [6, 6.07) is 16.6. The van der Waals surface area contributed by atoms with Crippen LogP contribution in [0.4, 0.5) is 5.69 Å². The number of nitro groups is 1. The summed E-state index contributed by atoms with van der Waals surface area (Å²) >= 11 is 0. The fraction of sp³-hybridized carbons (Fsp3) is 0.133. The lowest BCUT2D eigenvalue weighted by Crippen LogP contribution is -2.41. The quantitative estimate of drug-likeness (QED) is 0.670. The van der Waals surface area contributed by atoms with Crippen molar-refractivity contribution in [3.8, 4) is 11.8 Å². The number of nitro benzene ring substituents is 1. The Labute approximate surface area is 121 Å². The number of nitrogens with zero attached hydrogens (tertiary/aromatic N) is 2. The predicted octanol–water partition coefficient (Wildman–Crippen LogP) is 2.35. The SMILES string of the molecule is N#CC(N)(COc1ccc([N+](=O)[O-])cc1)c1ccccc1. The van der Waals surface area contributed by atoms with Gasteiger partial charge in [0, 0.05) is 12.1 Å². The maximum absolute atomic E-state index is 10.6. The summed E-state index contributed by atoms with van der Waals surface area (Å²) in [6.07, 6.45) is 0. The summed E-state index contributed by atoms with van der Waals surface area (Å²) in [5, 5.41) is 19.9. The van der Waals surface area contributed by atoms with Crippen LogP contribution in [0.25, 0.3) is 0 Å². The lowest BCUT2D eigenvalue weighted by Gasteiger charge is -2.22. The Balaban J connectivity index is 2.10. The molecule has 0 saturated carbocycles. The third-order valence-electron chi connectivity index (χ3n) is 3.00. The lowest BCUT2D eigenvalue weighted by molar-refractivity contribution is -0.384. The second-order valence-corrected chi connectivity index (χ2v) is 4.49. The van der Waals surface area contributed by atoms with Gasteiger partial charge in [0.05, 0.1) is 11.0 Å². The first-order valence-corrected chi connectivity index (χ1v) is 6.18. The topological polar surface area (TPSA) is 102 Å². The Kier molecular flexibility index (Phi) is 4.16. The monoisotopic (exact) mass is 283 g/mol. The molecule has 2 N–H and O–H groups in total. The zero-order valence-electron chi connectivity index (χ0n) is 11.1. The molecule has 1 unspecified atom stereocenters. The smallest absolute Gasteiger partial charge is 0.269 e. The second-order valence-electron chi connectivity index (χ2n) is 4.49. The first-order chi connectivity index (χ1) is 10.0. The molecule has 21 heavy (non-hydrogen) atoms. The summed E-state index contributed by atoms with van der Waals surface area (Å²) in [6.45, 7) is -0.0503. The fourth-order valence-corrected chi connectivity index (χ4v) is 1.78. The van der Waals surface area contributed by atoms with Crippen molar-refractivity contribution >= 4 is 5.69 Å². The summed E-state index contributed by atoms with van der Waals surface area (Å²) in [5.41, 5.74) is 5.40. The number of rotatable bonds is 5. The van der Waals surface area contributed by atoms with E-state index < -0.39 is 10.5 Å². The Hall–Kier alpha value is -2.91. The Morgan fingerprint density at radius 2 is 1.81 bits per heavy atom. The van der Waals surface area contributed by atoms with Gasteiger partial charge in [0.1, 0.15) is 12.4 Å². The fourth-order valence-electron chi connectivity index (χ4n) is 1.78. The highest BCUT2D eigenvalue weighted by atomic mass is 16.6. The minimum absolute atomic E-state index is 0.0234. The lowest BCUT2D eigenvalue weighted by atomic mass is 9.94. The van der Waals surface area contributed by atoms with Crippen molar-refractivity contribution < 1.29 is 9.66 Å². The summed E-state index contributed by atoms with van der Waals surface area (Å²) < 4.78 is 5.48. The van der Waals surface area contributed by atoms with Crippen molar-refractivity contribution in [1.29, 1.82) is 5.26 Å². The van der Waals surface area contributed by atoms with E-state index in [1.807, 2.05) is 12.1 Å². The minimum Gasteiger partial charge on any atom is -0.490 e. The number of hydrogen-bond donors (Lipinski definition) is 1. The van der Waals surface area contributed by atoms with Crippen molar-refractivity contribution in [1.82, 2.24) is 0 Å². The highest BCUT2D eigenvalue weighted by Crippen LogP contribution is 2.21. The van der Waals surface area contributed by atoms with Gasteiger partial charge in [-0.3, -0.25) is 10.1 Å². The molecule has 0 spiro atoms. The van der Waals surface area contributed by atoms with E-state index in [-0.39, 0.29) is 12.3 Å². The van der Waals surface area contributed by atoms with Crippen LogP contribution in [0.15, 0.2) is 54.6 Å². The van der Waals surface area contributed by atoms with E-state index in [1.54, 1.807) is 24.3 Å². The van der Waals surface area contributed by atoms with Gasteiger partial charge in [0.15, 0.2) is 5.54 Å². The van der Waals surface area contributed by atoms with Gasteiger partial charge in [0.25, 0.3) is 5.69 Å². The van der Waals surface area contributed by atoms with E-state index >= 15 is 0 Å². The van der Waals surface area contributed by atoms with Crippen molar-refractivity contribution in [2.24, 2.45) is 5.73 Å². The van der Waals surface area contributed by atoms with Gasteiger partial charge in [-0.25, -0.2) is 0 Å². The molecule has 0 fully saturated rings. The molecule has 0 bridgehead atoms. The molecule has 2 aromatic rings. The van der Waals surface area contributed by atoms with Crippen LogP contribution in [0.1, 0.15) is 5.56 Å². The van der Waals surface area contributed by atoms with E-state index in [0.717, 1.165) is 0 Å². The Morgan fingerprint density at radius 3 is 2.33 bits per heavy atom. The van der Waals surface area contributed by atoms with Crippen LogP contribution in [-0.2, 0) is 5.54 Å². The summed E-state index contributed by atoms with van der Waals surface area (Å²) in [5.74, 6) is 0.418. The van der Waals surface area contributed by atoms with Crippen LogP contribution < -0.4 is 10.5 Å². The molecular weight excluding hydrogens is 270 g/mol. The van der Waals surface area contributed by atoms with Crippen LogP contribution in [0.5, 0.6) is 5.75 Å². The molecule has 0 aliphatic rings. The van der Waals surface area contributed by atoms with Gasteiger partial charge in [-0.1, -0.05) is 30.3 Å². The van der Waals surface area contributed by atoms with Crippen molar-refractivity contribution in [2.45, 2.75) is 5.54 Å². The van der Waals surface area contributed by atoms with E-state index in [1.165, 1.54) is 24.3 Å². The number of hydrogen-bond acceptors (Lipinski definition) is 5. The zero-order valence-corrected chi connectivity index (χ0v) is 11.1. The van der Waals surface area contributed by atoms with Crippen molar-refractivity contribution in [3.63, 3.8) is 0 Å². The van der Waals surface area contributed by atoms with Gasteiger partial charge >= 0.3 is 0 Å². The molecule has 0 saturated heterocycles. The highest BCUT2D eigenvalue weighted by molar-refractivity contribution is 5.37. The second kappa shape index (κ2) is 6.03. The number of nitrogens with two attached hydrogens (primary N) is 1. The van der Waals surface area contributed by atoms with Crippen LogP contribution in [-0.4, -0.2) is 11.5 Å². The predicted molar refractivity (Wildman–Crippen MR) is 76.5 cm³/mol. The average molecular weight is 283 g/mol.